The Morgan fingerprint density at radius 2 is 2.20 bits per heavy atom. The van der Waals surface area contributed by atoms with Crippen LogP contribution in [0.1, 0.15) is 17.3 Å². The van der Waals surface area contributed by atoms with Gasteiger partial charge in [0.1, 0.15) is 0 Å². The molecular formula is C13H13NO. The van der Waals surface area contributed by atoms with Crippen molar-refractivity contribution in [1.82, 2.24) is 4.57 Å². The standard InChI is InChI=1S/C13H13NO/c1-2-3-8-14-9-7-11-5-4-6-12(10-15)13(11)14/h2-7,9-10H,8H2,1H3/b3-2+. The number of rotatable bonds is 3. The first kappa shape index (κ1) is 9.71. The van der Waals surface area contributed by atoms with Crippen LogP contribution in [0.2, 0.25) is 0 Å². The Balaban J connectivity index is 2.60. The molecule has 0 bridgehead atoms. The first-order valence-electron chi connectivity index (χ1n) is 5.01. The predicted molar refractivity (Wildman–Crippen MR) is 62.1 cm³/mol. The summed E-state index contributed by atoms with van der Waals surface area (Å²) < 4.78 is 2.08. The van der Waals surface area contributed by atoms with Crippen LogP contribution in [-0.4, -0.2) is 10.9 Å². The van der Waals surface area contributed by atoms with Crippen LogP contribution in [0.25, 0.3) is 10.9 Å². The van der Waals surface area contributed by atoms with Gasteiger partial charge in [-0.2, -0.15) is 0 Å². The molecule has 76 valence electrons. The number of carbonyl (C=O) groups excluding carboxylic acids is 1. The topological polar surface area (TPSA) is 22.0 Å². The normalized spacial score (nSPS) is 11.3. The van der Waals surface area contributed by atoms with Crippen LogP contribution in [0.15, 0.2) is 42.6 Å². The molecule has 0 saturated heterocycles. The van der Waals surface area contributed by atoms with Gasteiger partial charge in [-0.15, -0.1) is 0 Å². The molecule has 0 atom stereocenters. The van der Waals surface area contributed by atoms with Crippen LogP contribution in [-0.2, 0) is 6.54 Å². The first-order chi connectivity index (χ1) is 7.36. The van der Waals surface area contributed by atoms with Gasteiger partial charge >= 0.3 is 0 Å². The molecule has 2 heteroatoms. The molecule has 0 aliphatic heterocycles. The van der Waals surface area contributed by atoms with E-state index in [1.54, 1.807) is 0 Å². The van der Waals surface area contributed by atoms with E-state index in [0.717, 1.165) is 29.3 Å². The number of hydrogen-bond donors (Lipinski definition) is 0. The minimum atomic E-state index is 0.752. The van der Waals surface area contributed by atoms with Crippen LogP contribution in [0.4, 0.5) is 0 Å². The summed E-state index contributed by atoms with van der Waals surface area (Å²) in [5.41, 5.74) is 1.77. The van der Waals surface area contributed by atoms with E-state index < -0.39 is 0 Å². The zero-order chi connectivity index (χ0) is 10.7. The summed E-state index contributed by atoms with van der Waals surface area (Å²) in [5.74, 6) is 0. The summed E-state index contributed by atoms with van der Waals surface area (Å²) in [4.78, 5) is 10.9. The van der Waals surface area contributed by atoms with Gasteiger partial charge in [-0.1, -0.05) is 24.3 Å². The fourth-order valence-electron chi connectivity index (χ4n) is 1.76. The number of aromatic nitrogens is 1. The van der Waals surface area contributed by atoms with Crippen molar-refractivity contribution >= 4 is 17.2 Å². The molecule has 0 aliphatic rings. The second-order valence-electron chi connectivity index (χ2n) is 3.44. The number of para-hydroxylation sites is 1. The first-order valence-corrected chi connectivity index (χ1v) is 5.01. The van der Waals surface area contributed by atoms with E-state index in [-0.39, 0.29) is 0 Å². The summed E-state index contributed by atoms with van der Waals surface area (Å²) in [6.07, 6.45) is 7.00. The maximum absolute atomic E-state index is 10.9. The molecular weight excluding hydrogens is 186 g/mol. The lowest BCUT2D eigenvalue weighted by molar-refractivity contribution is 0.112. The molecule has 0 fully saturated rings. The molecule has 0 saturated carbocycles. The van der Waals surface area contributed by atoms with E-state index >= 15 is 0 Å². The Morgan fingerprint density at radius 1 is 1.33 bits per heavy atom. The number of nitrogens with zero attached hydrogens (tertiary/aromatic N) is 1. The van der Waals surface area contributed by atoms with Gasteiger partial charge in [-0.25, -0.2) is 0 Å². The van der Waals surface area contributed by atoms with Gasteiger partial charge in [0.2, 0.25) is 0 Å². The summed E-state index contributed by atoms with van der Waals surface area (Å²) in [6.45, 7) is 2.80. The summed E-state index contributed by atoms with van der Waals surface area (Å²) in [7, 11) is 0. The van der Waals surface area contributed by atoms with Gasteiger partial charge in [0, 0.05) is 23.7 Å². The number of carbonyl (C=O) groups is 1. The van der Waals surface area contributed by atoms with Crippen LogP contribution < -0.4 is 0 Å². The van der Waals surface area contributed by atoms with Gasteiger partial charge in [-0.05, 0) is 19.1 Å². The predicted octanol–water partition coefficient (Wildman–Crippen LogP) is 3.03. The third-order valence-corrected chi connectivity index (χ3v) is 2.48. The average molecular weight is 199 g/mol. The molecule has 1 aromatic heterocycles. The number of benzene rings is 1. The highest BCUT2D eigenvalue weighted by Crippen LogP contribution is 2.19. The number of aldehydes is 1. The Hall–Kier alpha value is -1.83. The zero-order valence-electron chi connectivity index (χ0n) is 8.68. The van der Waals surface area contributed by atoms with Crippen molar-refractivity contribution in [2.45, 2.75) is 13.5 Å². The minimum Gasteiger partial charge on any atom is -0.343 e. The van der Waals surface area contributed by atoms with Crippen molar-refractivity contribution in [2.75, 3.05) is 0 Å². The molecule has 15 heavy (non-hydrogen) atoms. The highest BCUT2D eigenvalue weighted by atomic mass is 16.1. The molecule has 2 nitrogen and oxygen atoms in total. The molecule has 0 aliphatic carbocycles. The smallest absolute Gasteiger partial charge is 0.152 e. The molecule has 0 amide bonds. The average Bonchev–Trinajstić information content (AvgIpc) is 2.69. The minimum absolute atomic E-state index is 0.752. The van der Waals surface area contributed by atoms with Gasteiger partial charge in [0.25, 0.3) is 0 Å². The molecule has 1 aromatic carbocycles. The third-order valence-electron chi connectivity index (χ3n) is 2.48. The second-order valence-corrected chi connectivity index (χ2v) is 3.44. The summed E-state index contributed by atoms with van der Waals surface area (Å²) in [5, 5.41) is 1.11. The Morgan fingerprint density at radius 3 is 2.93 bits per heavy atom. The van der Waals surface area contributed by atoms with Gasteiger partial charge in [0.15, 0.2) is 6.29 Å². The van der Waals surface area contributed by atoms with Gasteiger partial charge < -0.3 is 4.57 Å². The number of hydrogen-bond acceptors (Lipinski definition) is 1. The van der Waals surface area contributed by atoms with Crippen molar-refractivity contribution in [3.63, 3.8) is 0 Å². The SMILES string of the molecule is C/C=C/Cn1ccc2cccc(C=O)c21. The maximum Gasteiger partial charge on any atom is 0.152 e. The van der Waals surface area contributed by atoms with Crippen molar-refractivity contribution in [2.24, 2.45) is 0 Å². The largest absolute Gasteiger partial charge is 0.343 e. The van der Waals surface area contributed by atoms with Gasteiger partial charge in [0.05, 0.1) is 5.52 Å². The van der Waals surface area contributed by atoms with E-state index in [4.69, 9.17) is 0 Å². The Kier molecular flexibility index (Phi) is 2.68. The van der Waals surface area contributed by atoms with E-state index in [0.29, 0.717) is 0 Å². The zero-order valence-corrected chi connectivity index (χ0v) is 8.68. The Labute approximate surface area is 88.8 Å². The van der Waals surface area contributed by atoms with Crippen molar-refractivity contribution in [1.29, 1.82) is 0 Å². The highest BCUT2D eigenvalue weighted by molar-refractivity contribution is 5.96. The highest BCUT2D eigenvalue weighted by Gasteiger charge is 2.03. The fourth-order valence-corrected chi connectivity index (χ4v) is 1.76. The molecule has 2 rings (SSSR count). The third kappa shape index (κ3) is 1.71. The monoisotopic (exact) mass is 199 g/mol. The lowest BCUT2D eigenvalue weighted by Crippen LogP contribution is -1.95. The van der Waals surface area contributed by atoms with E-state index in [1.807, 2.05) is 43.5 Å². The van der Waals surface area contributed by atoms with Crippen molar-refractivity contribution in [3.8, 4) is 0 Å². The van der Waals surface area contributed by atoms with Crippen LogP contribution in [0, 0.1) is 0 Å². The summed E-state index contributed by atoms with van der Waals surface area (Å²) in [6, 6.07) is 7.81. The molecule has 2 aromatic rings. The second kappa shape index (κ2) is 4.13. The number of allylic oxidation sites excluding steroid dienone is 2. The van der Waals surface area contributed by atoms with E-state index in [9.17, 15) is 4.79 Å². The lowest BCUT2D eigenvalue weighted by atomic mass is 10.1. The quantitative estimate of drug-likeness (QED) is 0.550. The van der Waals surface area contributed by atoms with Crippen LogP contribution in [0.5, 0.6) is 0 Å². The molecule has 0 N–H and O–H groups in total. The molecule has 0 spiro atoms. The number of fused-ring (bicyclic) bond motifs is 1. The summed E-state index contributed by atoms with van der Waals surface area (Å²) >= 11 is 0. The Bertz CT molecular complexity index is 508. The van der Waals surface area contributed by atoms with E-state index in [2.05, 4.69) is 10.6 Å². The van der Waals surface area contributed by atoms with Crippen LogP contribution >= 0.6 is 0 Å². The van der Waals surface area contributed by atoms with Crippen LogP contribution in [0.3, 0.4) is 0 Å². The van der Waals surface area contributed by atoms with E-state index in [1.165, 1.54) is 0 Å². The lowest BCUT2D eigenvalue weighted by Gasteiger charge is -2.03. The molecule has 0 unspecified atom stereocenters. The van der Waals surface area contributed by atoms with Crippen molar-refractivity contribution < 1.29 is 4.79 Å². The molecule has 0 radical (unpaired) electrons. The van der Waals surface area contributed by atoms with Crippen molar-refractivity contribution in [3.05, 3.63) is 48.2 Å². The van der Waals surface area contributed by atoms with Gasteiger partial charge in [-0.3, -0.25) is 4.79 Å². The molecule has 1 heterocycles. The fraction of sp³-hybridized carbons (Fsp3) is 0.154. The maximum atomic E-state index is 10.9.